The van der Waals surface area contributed by atoms with E-state index in [0.717, 1.165) is 37.2 Å². The van der Waals surface area contributed by atoms with E-state index in [1.165, 1.54) is 0 Å². The van der Waals surface area contributed by atoms with E-state index in [-0.39, 0.29) is 5.69 Å². The van der Waals surface area contributed by atoms with Crippen LogP contribution >= 0.6 is 0 Å². The third kappa shape index (κ3) is 2.79. The number of halogens is 1. The Hall–Kier alpha value is -1.69. The summed E-state index contributed by atoms with van der Waals surface area (Å²) in [5, 5.41) is 13.6. The quantitative estimate of drug-likeness (QED) is 0.865. The van der Waals surface area contributed by atoms with E-state index < -0.39 is 12.1 Å². The van der Waals surface area contributed by atoms with Crippen molar-refractivity contribution in [2.24, 2.45) is 0 Å². The van der Waals surface area contributed by atoms with Gasteiger partial charge in [-0.25, -0.2) is 9.18 Å². The number of carboxylic acid groups (broad SMARTS) is 1. The molecule has 0 amide bonds. The van der Waals surface area contributed by atoms with Crippen LogP contribution in [0.15, 0.2) is 12.7 Å². The van der Waals surface area contributed by atoms with Crippen LogP contribution in [-0.4, -0.2) is 51.1 Å². The van der Waals surface area contributed by atoms with Crippen LogP contribution in [0.4, 0.5) is 4.39 Å². The Bertz CT molecular complexity index is 576. The van der Waals surface area contributed by atoms with Gasteiger partial charge in [0.05, 0.1) is 6.54 Å². The van der Waals surface area contributed by atoms with Crippen molar-refractivity contribution >= 4 is 5.97 Å². The third-order valence-electron chi connectivity index (χ3n) is 4.80. The molecule has 3 rings (SSSR count). The Morgan fingerprint density at radius 1 is 1.41 bits per heavy atom. The number of aromatic nitrogens is 2. The molecule has 2 heterocycles. The summed E-state index contributed by atoms with van der Waals surface area (Å²) < 4.78 is 15.1. The van der Waals surface area contributed by atoms with Crippen LogP contribution in [-0.2, 0) is 19.4 Å². The molecule has 1 atom stereocenters. The second kappa shape index (κ2) is 6.20. The van der Waals surface area contributed by atoms with Gasteiger partial charge in [0.1, 0.15) is 6.17 Å². The summed E-state index contributed by atoms with van der Waals surface area (Å²) in [5.74, 6) is -0.970. The highest BCUT2D eigenvalue weighted by atomic mass is 19.1. The van der Waals surface area contributed by atoms with Gasteiger partial charge >= 0.3 is 5.97 Å². The van der Waals surface area contributed by atoms with Gasteiger partial charge < -0.3 is 5.11 Å². The average Bonchev–Trinajstić information content (AvgIpc) is 2.87. The Morgan fingerprint density at radius 2 is 2.14 bits per heavy atom. The van der Waals surface area contributed by atoms with Gasteiger partial charge in [-0.3, -0.25) is 9.58 Å². The van der Waals surface area contributed by atoms with E-state index in [1.807, 2.05) is 0 Å². The van der Waals surface area contributed by atoms with Crippen molar-refractivity contribution in [3.63, 3.8) is 0 Å². The van der Waals surface area contributed by atoms with Crippen molar-refractivity contribution in [1.82, 2.24) is 14.7 Å². The maximum Gasteiger partial charge on any atom is 0.356 e. The second-order valence-electron chi connectivity index (χ2n) is 6.16. The summed E-state index contributed by atoms with van der Waals surface area (Å²) in [6, 6.07) is 0.305. The number of nitrogens with zero attached hydrogens (tertiary/aromatic N) is 3. The molecular formula is C16H22FN3O2. The number of hydrogen-bond acceptors (Lipinski definition) is 3. The van der Waals surface area contributed by atoms with Gasteiger partial charge in [0.25, 0.3) is 0 Å². The molecule has 22 heavy (non-hydrogen) atoms. The number of fused-ring (bicyclic) bond motifs is 1. The number of aromatic carboxylic acids is 1. The predicted molar refractivity (Wildman–Crippen MR) is 80.9 cm³/mol. The van der Waals surface area contributed by atoms with E-state index in [2.05, 4.69) is 16.6 Å². The lowest BCUT2D eigenvalue weighted by molar-refractivity contribution is 0.0686. The van der Waals surface area contributed by atoms with Gasteiger partial charge in [-0.2, -0.15) is 5.10 Å². The van der Waals surface area contributed by atoms with E-state index in [4.69, 9.17) is 0 Å². The molecule has 1 aliphatic carbocycles. The van der Waals surface area contributed by atoms with Gasteiger partial charge in [0, 0.05) is 30.4 Å². The number of carbonyl (C=O) groups is 1. The molecule has 0 radical (unpaired) electrons. The molecule has 5 nitrogen and oxygen atoms in total. The minimum atomic E-state index is -0.970. The third-order valence-corrected chi connectivity index (χ3v) is 4.80. The second-order valence-corrected chi connectivity index (χ2v) is 6.16. The highest BCUT2D eigenvalue weighted by Gasteiger charge is 2.33. The lowest BCUT2D eigenvalue weighted by Gasteiger charge is -2.37. The highest BCUT2D eigenvalue weighted by Crippen LogP contribution is 2.29. The van der Waals surface area contributed by atoms with Crippen molar-refractivity contribution in [2.45, 2.75) is 50.9 Å². The molecule has 0 spiro atoms. The van der Waals surface area contributed by atoms with Crippen molar-refractivity contribution in [3.05, 3.63) is 29.6 Å². The largest absolute Gasteiger partial charge is 0.476 e. The number of piperidine rings is 1. The van der Waals surface area contributed by atoms with Gasteiger partial charge in [-0.1, -0.05) is 6.08 Å². The SMILES string of the molecule is C=CCn1nc(C(=O)O)c2c1CCC(N1CCC(F)CC1)C2. The molecule has 2 aliphatic rings. The van der Waals surface area contributed by atoms with Gasteiger partial charge in [0.2, 0.25) is 0 Å². The van der Waals surface area contributed by atoms with Crippen molar-refractivity contribution < 1.29 is 14.3 Å². The molecule has 1 aliphatic heterocycles. The van der Waals surface area contributed by atoms with Gasteiger partial charge in [0.15, 0.2) is 5.69 Å². The van der Waals surface area contributed by atoms with Gasteiger partial charge in [-0.15, -0.1) is 6.58 Å². The van der Waals surface area contributed by atoms with Crippen molar-refractivity contribution in [1.29, 1.82) is 0 Å². The molecule has 0 aromatic carbocycles. The fourth-order valence-electron chi connectivity index (χ4n) is 3.66. The molecule has 1 N–H and O–H groups in total. The van der Waals surface area contributed by atoms with E-state index >= 15 is 0 Å². The molecule has 120 valence electrons. The Balaban J connectivity index is 1.82. The van der Waals surface area contributed by atoms with Crippen LogP contribution < -0.4 is 0 Å². The van der Waals surface area contributed by atoms with Crippen LogP contribution in [0.2, 0.25) is 0 Å². The molecule has 1 saturated heterocycles. The minimum absolute atomic E-state index is 0.168. The molecule has 1 fully saturated rings. The first kappa shape index (κ1) is 15.2. The zero-order valence-corrected chi connectivity index (χ0v) is 12.7. The number of likely N-dealkylation sites (tertiary alicyclic amines) is 1. The van der Waals surface area contributed by atoms with Crippen LogP contribution in [0.25, 0.3) is 0 Å². The van der Waals surface area contributed by atoms with E-state index in [1.54, 1.807) is 10.8 Å². The number of alkyl halides is 1. The van der Waals surface area contributed by atoms with Crippen LogP contribution in [0.3, 0.4) is 0 Å². The van der Waals surface area contributed by atoms with Gasteiger partial charge in [-0.05, 0) is 32.1 Å². The molecular weight excluding hydrogens is 285 g/mol. The first-order chi connectivity index (χ1) is 10.6. The summed E-state index contributed by atoms with van der Waals surface area (Å²) in [7, 11) is 0. The summed E-state index contributed by atoms with van der Waals surface area (Å²) in [4.78, 5) is 13.8. The van der Waals surface area contributed by atoms with Crippen LogP contribution in [0, 0.1) is 0 Å². The fraction of sp³-hybridized carbons (Fsp3) is 0.625. The standard InChI is InChI=1S/C16H22FN3O2/c1-2-7-20-14-4-3-12(19-8-5-11(17)6-9-19)10-13(14)15(18-20)16(21)22/h2,11-12H,1,3-10H2,(H,21,22). The molecule has 0 saturated carbocycles. The molecule has 1 aromatic heterocycles. The summed E-state index contributed by atoms with van der Waals surface area (Å²) in [6.45, 7) is 5.77. The Kier molecular flexibility index (Phi) is 4.29. The molecule has 1 aromatic rings. The maximum atomic E-state index is 13.3. The number of rotatable bonds is 4. The molecule has 1 unspecified atom stereocenters. The molecule has 0 bridgehead atoms. The normalized spacial score (nSPS) is 23.2. The zero-order chi connectivity index (χ0) is 15.7. The van der Waals surface area contributed by atoms with Crippen molar-refractivity contribution in [2.75, 3.05) is 13.1 Å². The minimum Gasteiger partial charge on any atom is -0.476 e. The first-order valence-corrected chi connectivity index (χ1v) is 7.91. The van der Waals surface area contributed by atoms with Crippen LogP contribution in [0.5, 0.6) is 0 Å². The average molecular weight is 307 g/mol. The topological polar surface area (TPSA) is 58.4 Å². The smallest absolute Gasteiger partial charge is 0.356 e. The summed E-state index contributed by atoms with van der Waals surface area (Å²) in [6.07, 6.45) is 4.73. The van der Waals surface area contributed by atoms with E-state index in [9.17, 15) is 14.3 Å². The summed E-state index contributed by atoms with van der Waals surface area (Å²) >= 11 is 0. The Labute approximate surface area is 129 Å². The highest BCUT2D eigenvalue weighted by molar-refractivity contribution is 5.87. The first-order valence-electron chi connectivity index (χ1n) is 7.91. The Morgan fingerprint density at radius 3 is 2.77 bits per heavy atom. The lowest BCUT2D eigenvalue weighted by Crippen LogP contribution is -2.44. The maximum absolute atomic E-state index is 13.3. The van der Waals surface area contributed by atoms with Crippen molar-refractivity contribution in [3.8, 4) is 0 Å². The lowest BCUT2D eigenvalue weighted by atomic mass is 9.89. The monoisotopic (exact) mass is 307 g/mol. The number of allylic oxidation sites excluding steroid dienone is 1. The number of carboxylic acids is 1. The fourth-order valence-corrected chi connectivity index (χ4v) is 3.66. The van der Waals surface area contributed by atoms with E-state index in [0.29, 0.717) is 31.8 Å². The summed E-state index contributed by atoms with van der Waals surface area (Å²) in [5.41, 5.74) is 2.05. The van der Waals surface area contributed by atoms with Crippen LogP contribution in [0.1, 0.15) is 41.0 Å². The predicted octanol–water partition coefficient (Wildman–Crippen LogP) is 2.06. The number of hydrogen-bond donors (Lipinski definition) is 1. The molecule has 6 heteroatoms. The zero-order valence-electron chi connectivity index (χ0n) is 12.7.